The van der Waals surface area contributed by atoms with Crippen LogP contribution in [0.25, 0.3) is 0 Å². The molecule has 0 fully saturated rings. The first-order valence-corrected chi connectivity index (χ1v) is 11.3. The van der Waals surface area contributed by atoms with Crippen LogP contribution < -0.4 is 11.1 Å². The van der Waals surface area contributed by atoms with Crippen LogP contribution in [0.15, 0.2) is 0 Å². The van der Waals surface area contributed by atoms with Crippen LogP contribution in [-0.4, -0.2) is 97.6 Å². The van der Waals surface area contributed by atoms with E-state index in [1.54, 1.807) is 0 Å². The average Bonchev–Trinajstić information content (AvgIpc) is 2.89. The molecule has 280 valence electrons. The molecular formula is C19H16F22N2O4. The molecule has 6 nitrogen and oxygen atoms in total. The Kier molecular flexibility index (Phi) is 12.6. The molecule has 0 aromatic heterocycles. The van der Waals surface area contributed by atoms with Crippen molar-refractivity contribution in [2.75, 3.05) is 13.7 Å². The summed E-state index contributed by atoms with van der Waals surface area (Å²) in [5.41, 5.74) is 5.07. The zero-order chi connectivity index (χ0) is 38.3. The summed E-state index contributed by atoms with van der Waals surface area (Å²) in [6.07, 6.45) is -30.0. The highest BCUT2D eigenvalue weighted by Crippen LogP contribution is 2.64. The Morgan fingerprint density at radius 2 is 1.02 bits per heavy atom. The summed E-state index contributed by atoms with van der Waals surface area (Å²) < 4.78 is 301. The average molecular weight is 754 g/mol. The monoisotopic (exact) mass is 754 g/mol. The van der Waals surface area contributed by atoms with Gasteiger partial charge in [0.2, 0.25) is 0 Å². The van der Waals surface area contributed by atoms with Gasteiger partial charge in [-0.15, -0.1) is 0 Å². The van der Waals surface area contributed by atoms with Crippen LogP contribution in [-0.2, 0) is 19.1 Å². The molecule has 0 spiro atoms. The molecule has 2 atom stereocenters. The molecule has 3 N–H and O–H groups in total. The second kappa shape index (κ2) is 13.3. The largest absolute Gasteiger partial charge is 0.467 e. The number of nitrogens with two attached hydrogens (primary N) is 1. The van der Waals surface area contributed by atoms with E-state index in [0.717, 1.165) is 5.32 Å². The van der Waals surface area contributed by atoms with Crippen LogP contribution in [0.3, 0.4) is 0 Å². The fraction of sp³-hybridized carbons (Fsp3) is 0.895. The molecule has 0 aliphatic rings. The molecule has 0 saturated carbocycles. The minimum Gasteiger partial charge on any atom is -0.467 e. The minimum absolute atomic E-state index is 0.0286. The predicted molar refractivity (Wildman–Crippen MR) is 103 cm³/mol. The van der Waals surface area contributed by atoms with E-state index in [1.165, 1.54) is 0 Å². The molecule has 0 bridgehead atoms. The summed E-state index contributed by atoms with van der Waals surface area (Å²) in [7, 11) is 0.543. The maximum atomic E-state index is 13.9. The number of carbonyl (C=O) groups is 2. The highest BCUT2D eigenvalue weighted by atomic mass is 19.4. The molecule has 47 heavy (non-hydrogen) atoms. The minimum atomic E-state index is -9.28. The maximum Gasteiger partial charge on any atom is 0.460 e. The number of hydrogen-bond acceptors (Lipinski definition) is 5. The molecule has 28 heteroatoms. The fourth-order valence-corrected chi connectivity index (χ4v) is 2.94. The standard InChI is InChI=1S/C19H16F22N2O4/c1-46-7(44)6(4-2-3-5-42)43-9(45)12(25,26)47-11(23,24)8(20)10(21,22)13(27,28)14(29,30)15(31,32)16(33,34)17(35,36)18(37,38)19(39,40)41/h6,8H,2-5,42H2,1H3,(H,43,45)/t6-,8?/m0/s1. The quantitative estimate of drug-likeness (QED) is 0.103. The SMILES string of the molecule is COC(=O)[C@H](CCCCN)NC(=O)C(F)(F)OC(F)(F)C(F)C(F)(F)C(F)(F)C(F)(F)C(F)(F)C(F)(F)C(F)(F)C(F)(F)C(F)(F)F. The second-order valence-electron chi connectivity index (χ2n) is 8.94. The van der Waals surface area contributed by atoms with Gasteiger partial charge in [0.05, 0.1) is 7.11 Å². The van der Waals surface area contributed by atoms with Gasteiger partial charge < -0.3 is 15.8 Å². The molecule has 0 aliphatic carbocycles. The fourth-order valence-electron chi connectivity index (χ4n) is 2.94. The molecule has 0 aromatic rings. The smallest absolute Gasteiger partial charge is 0.460 e. The van der Waals surface area contributed by atoms with Crippen LogP contribution in [0.4, 0.5) is 96.6 Å². The summed E-state index contributed by atoms with van der Waals surface area (Å²) >= 11 is 0. The first kappa shape index (κ1) is 44.3. The summed E-state index contributed by atoms with van der Waals surface area (Å²) in [4.78, 5) is 23.1. The lowest BCUT2D eigenvalue weighted by molar-refractivity contribution is -0.470. The van der Waals surface area contributed by atoms with Gasteiger partial charge in [-0.1, -0.05) is 0 Å². The van der Waals surface area contributed by atoms with E-state index in [0.29, 0.717) is 7.11 Å². The van der Waals surface area contributed by atoms with Gasteiger partial charge in [-0.25, -0.2) is 13.9 Å². The van der Waals surface area contributed by atoms with E-state index < -0.39 is 90.4 Å². The van der Waals surface area contributed by atoms with Gasteiger partial charge in [-0.2, -0.15) is 92.2 Å². The number of carbonyl (C=O) groups excluding carboxylic acids is 2. The number of alkyl halides is 22. The van der Waals surface area contributed by atoms with Crippen molar-refractivity contribution >= 4 is 11.9 Å². The Bertz CT molecular complexity index is 1110. The molecule has 1 amide bonds. The van der Waals surface area contributed by atoms with Gasteiger partial charge >= 0.3 is 71.7 Å². The number of rotatable bonds is 17. The summed E-state index contributed by atoms with van der Waals surface area (Å²) in [6.45, 7) is -0.144. The molecular weight excluding hydrogens is 738 g/mol. The van der Waals surface area contributed by atoms with Crippen LogP contribution in [0, 0.1) is 0 Å². The van der Waals surface area contributed by atoms with Crippen molar-refractivity contribution in [1.82, 2.24) is 5.32 Å². The number of halogens is 22. The Balaban J connectivity index is 6.65. The zero-order valence-corrected chi connectivity index (χ0v) is 22.0. The summed E-state index contributed by atoms with van der Waals surface area (Å²) in [5.74, 6) is -67.7. The highest BCUT2D eigenvalue weighted by molar-refractivity contribution is 5.87. The van der Waals surface area contributed by atoms with Crippen LogP contribution in [0.2, 0.25) is 0 Å². The maximum absolute atomic E-state index is 13.9. The molecule has 0 aliphatic heterocycles. The van der Waals surface area contributed by atoms with Crippen molar-refractivity contribution in [2.45, 2.75) is 91.3 Å². The van der Waals surface area contributed by atoms with Crippen molar-refractivity contribution in [3.8, 4) is 0 Å². The molecule has 1 unspecified atom stereocenters. The first-order chi connectivity index (χ1) is 20.4. The summed E-state index contributed by atoms with van der Waals surface area (Å²) in [5, 5.41) is 0.859. The molecule has 0 heterocycles. The van der Waals surface area contributed by atoms with Crippen molar-refractivity contribution in [1.29, 1.82) is 0 Å². The molecule has 0 saturated heterocycles. The Hall–Kier alpha value is -2.68. The number of unbranched alkanes of at least 4 members (excludes halogenated alkanes) is 1. The van der Waals surface area contributed by atoms with Gasteiger partial charge in [-0.3, -0.25) is 4.79 Å². The lowest BCUT2D eigenvalue weighted by atomic mass is 9.87. The number of amides is 1. The molecule has 0 rings (SSSR count). The highest BCUT2D eigenvalue weighted by Gasteiger charge is 2.96. The Morgan fingerprint density at radius 1 is 0.638 bits per heavy atom. The lowest BCUT2D eigenvalue weighted by Gasteiger charge is -2.43. The van der Waals surface area contributed by atoms with E-state index in [1.807, 2.05) is 4.74 Å². The number of hydrogen-bond donors (Lipinski definition) is 2. The van der Waals surface area contributed by atoms with Crippen molar-refractivity contribution in [2.24, 2.45) is 5.73 Å². The predicted octanol–water partition coefficient (Wildman–Crippen LogP) is 6.32. The van der Waals surface area contributed by atoms with Gasteiger partial charge in [0.25, 0.3) is 6.17 Å². The van der Waals surface area contributed by atoms with E-state index in [-0.39, 0.29) is 19.4 Å². The van der Waals surface area contributed by atoms with E-state index in [4.69, 9.17) is 5.73 Å². The molecule has 0 radical (unpaired) electrons. The van der Waals surface area contributed by atoms with Gasteiger partial charge in [-0.05, 0) is 25.8 Å². The van der Waals surface area contributed by atoms with Crippen molar-refractivity contribution in [3.63, 3.8) is 0 Å². The van der Waals surface area contributed by atoms with E-state index >= 15 is 0 Å². The van der Waals surface area contributed by atoms with Crippen LogP contribution in [0.1, 0.15) is 19.3 Å². The van der Waals surface area contributed by atoms with Crippen molar-refractivity contribution in [3.05, 3.63) is 0 Å². The topological polar surface area (TPSA) is 90.6 Å². The third kappa shape index (κ3) is 7.50. The lowest BCUT2D eigenvalue weighted by Crippen LogP contribution is -2.75. The van der Waals surface area contributed by atoms with E-state index in [9.17, 15) is 106 Å². The molecule has 0 aromatic carbocycles. The third-order valence-corrected chi connectivity index (χ3v) is 5.63. The second-order valence-corrected chi connectivity index (χ2v) is 8.94. The van der Waals surface area contributed by atoms with E-state index in [2.05, 4.69) is 4.74 Å². The first-order valence-electron chi connectivity index (χ1n) is 11.3. The Morgan fingerprint density at radius 3 is 1.38 bits per heavy atom. The Labute approximate surface area is 244 Å². The third-order valence-electron chi connectivity index (χ3n) is 5.63. The van der Waals surface area contributed by atoms with Crippen LogP contribution >= 0.6 is 0 Å². The normalized spacial score (nSPS) is 16.5. The summed E-state index contributed by atoms with van der Waals surface area (Å²) in [6, 6.07) is -2.26. The number of nitrogens with one attached hydrogen (secondary N) is 1. The van der Waals surface area contributed by atoms with Crippen LogP contribution in [0.5, 0.6) is 0 Å². The van der Waals surface area contributed by atoms with Gasteiger partial charge in [0.1, 0.15) is 6.04 Å². The van der Waals surface area contributed by atoms with Crippen molar-refractivity contribution < 1.29 is 116 Å². The number of esters is 1. The number of methoxy groups -OCH3 is 1. The zero-order valence-electron chi connectivity index (χ0n) is 22.0. The van der Waals surface area contributed by atoms with Gasteiger partial charge in [0, 0.05) is 0 Å². The van der Waals surface area contributed by atoms with Gasteiger partial charge in [0.15, 0.2) is 0 Å². The number of ether oxygens (including phenoxy) is 2.